The molecule has 0 spiro atoms. The summed E-state index contributed by atoms with van der Waals surface area (Å²) in [7, 11) is -4.91. The fourth-order valence-electron chi connectivity index (χ4n) is 4.23. The number of carbonyl (C=O) groups is 2. The molecule has 9 nitrogen and oxygen atoms in total. The summed E-state index contributed by atoms with van der Waals surface area (Å²) in [5, 5.41) is -2.09. The molecule has 0 fully saturated rings. The van der Waals surface area contributed by atoms with Crippen LogP contribution in [0.3, 0.4) is 0 Å². The molecule has 0 aromatic carbocycles. The van der Waals surface area contributed by atoms with Crippen molar-refractivity contribution in [3.05, 3.63) is 0 Å². The van der Waals surface area contributed by atoms with Gasteiger partial charge in [-0.25, -0.2) is 0 Å². The van der Waals surface area contributed by atoms with E-state index < -0.39 is 46.3 Å². The molecule has 0 aromatic heterocycles. The van der Waals surface area contributed by atoms with Crippen LogP contribution in [-0.2, 0) is 38.7 Å². The molecule has 0 aliphatic heterocycles. The maximum atomic E-state index is 12.6. The zero-order valence-electron chi connectivity index (χ0n) is 25.7. The van der Waals surface area contributed by atoms with Crippen molar-refractivity contribution in [2.24, 2.45) is 0 Å². The standard InChI is InChI=1S/C30H58O9S/c1-5-9-11-13-15-17-19-21-23-36-28(7-3)38-27(31)25-26(40(33,34)35)30(32)39-29(8-4)37-24-22-20-18-16-14-12-10-6-2/h26,28-29H,5-25H2,1-4H3,(H,33,34,35). The minimum Gasteiger partial charge on any atom is -0.436 e. The molecule has 0 aliphatic carbocycles. The Labute approximate surface area is 244 Å². The molecule has 0 rings (SSSR count). The Morgan fingerprint density at radius 1 is 0.600 bits per heavy atom. The second-order valence-corrected chi connectivity index (χ2v) is 12.1. The number of rotatable bonds is 28. The minimum atomic E-state index is -4.91. The molecule has 0 amide bonds. The Kier molecular flexibility index (Phi) is 24.7. The highest BCUT2D eigenvalue weighted by Crippen LogP contribution is 2.15. The topological polar surface area (TPSA) is 125 Å². The van der Waals surface area contributed by atoms with Crippen molar-refractivity contribution in [2.75, 3.05) is 13.2 Å². The van der Waals surface area contributed by atoms with E-state index in [1.54, 1.807) is 13.8 Å². The van der Waals surface area contributed by atoms with Crippen molar-refractivity contribution in [1.29, 1.82) is 0 Å². The van der Waals surface area contributed by atoms with Gasteiger partial charge in [0.05, 0.1) is 19.6 Å². The molecule has 238 valence electrons. The van der Waals surface area contributed by atoms with E-state index in [1.807, 2.05) is 0 Å². The second kappa shape index (κ2) is 25.5. The number of unbranched alkanes of at least 4 members (excludes halogenated alkanes) is 14. The fraction of sp³-hybridized carbons (Fsp3) is 0.933. The predicted octanol–water partition coefficient (Wildman–Crippen LogP) is 7.51. The van der Waals surface area contributed by atoms with Gasteiger partial charge in [0.25, 0.3) is 10.1 Å². The summed E-state index contributed by atoms with van der Waals surface area (Å²) >= 11 is 0. The fourth-order valence-corrected chi connectivity index (χ4v) is 4.88. The van der Waals surface area contributed by atoms with Gasteiger partial charge in [0.15, 0.2) is 5.25 Å². The zero-order chi connectivity index (χ0) is 30.1. The summed E-state index contributed by atoms with van der Waals surface area (Å²) in [6.45, 7) is 8.68. The molecule has 0 aromatic rings. The van der Waals surface area contributed by atoms with Crippen LogP contribution in [0.1, 0.15) is 150 Å². The average Bonchev–Trinajstić information content (AvgIpc) is 2.92. The molecule has 3 atom stereocenters. The smallest absolute Gasteiger partial charge is 0.329 e. The summed E-state index contributed by atoms with van der Waals surface area (Å²) < 4.78 is 55.0. The Bertz CT molecular complexity index is 727. The summed E-state index contributed by atoms with van der Waals surface area (Å²) in [6, 6.07) is 0. The number of esters is 2. The normalized spacial score (nSPS) is 14.0. The Morgan fingerprint density at radius 3 is 1.35 bits per heavy atom. The van der Waals surface area contributed by atoms with E-state index in [2.05, 4.69) is 13.8 Å². The number of ether oxygens (including phenoxy) is 4. The largest absolute Gasteiger partial charge is 0.436 e. The summed E-state index contributed by atoms with van der Waals surface area (Å²) in [5.74, 6) is -2.20. The monoisotopic (exact) mass is 594 g/mol. The maximum Gasteiger partial charge on any atom is 0.329 e. The van der Waals surface area contributed by atoms with Crippen LogP contribution in [0.5, 0.6) is 0 Å². The Morgan fingerprint density at radius 2 is 0.975 bits per heavy atom. The molecule has 0 aliphatic rings. The van der Waals surface area contributed by atoms with Gasteiger partial charge in [-0.1, -0.05) is 118 Å². The van der Waals surface area contributed by atoms with Crippen LogP contribution in [0.25, 0.3) is 0 Å². The van der Waals surface area contributed by atoms with Crippen molar-refractivity contribution in [3.63, 3.8) is 0 Å². The van der Waals surface area contributed by atoms with Crippen LogP contribution in [-0.4, -0.2) is 56.0 Å². The molecule has 0 saturated heterocycles. The molecule has 1 N–H and O–H groups in total. The van der Waals surface area contributed by atoms with E-state index in [0.29, 0.717) is 26.1 Å². The van der Waals surface area contributed by atoms with Crippen molar-refractivity contribution in [2.45, 2.75) is 168 Å². The van der Waals surface area contributed by atoms with Crippen molar-refractivity contribution in [3.8, 4) is 0 Å². The summed E-state index contributed by atoms with van der Waals surface area (Å²) in [6.07, 6.45) is 16.2. The molecule has 40 heavy (non-hydrogen) atoms. The highest BCUT2D eigenvalue weighted by molar-refractivity contribution is 7.87. The van der Waals surface area contributed by atoms with Crippen LogP contribution in [0.15, 0.2) is 0 Å². The van der Waals surface area contributed by atoms with Gasteiger partial charge in [0.1, 0.15) is 0 Å². The number of hydrogen-bond acceptors (Lipinski definition) is 8. The van der Waals surface area contributed by atoms with E-state index in [1.165, 1.54) is 64.2 Å². The van der Waals surface area contributed by atoms with Crippen LogP contribution in [0.2, 0.25) is 0 Å². The Balaban J connectivity index is 4.48. The van der Waals surface area contributed by atoms with Crippen molar-refractivity contribution >= 4 is 22.1 Å². The summed E-state index contributed by atoms with van der Waals surface area (Å²) in [5.41, 5.74) is 0. The third-order valence-electron chi connectivity index (χ3n) is 6.75. The highest BCUT2D eigenvalue weighted by atomic mass is 32.2. The third kappa shape index (κ3) is 21.5. The lowest BCUT2D eigenvalue weighted by atomic mass is 10.1. The first-order chi connectivity index (χ1) is 19.2. The lowest BCUT2D eigenvalue weighted by molar-refractivity contribution is -0.186. The van der Waals surface area contributed by atoms with Gasteiger partial charge >= 0.3 is 11.9 Å². The van der Waals surface area contributed by atoms with Gasteiger partial charge in [-0.05, 0) is 12.8 Å². The first-order valence-corrected chi connectivity index (χ1v) is 17.3. The molecule has 0 bridgehead atoms. The van der Waals surface area contributed by atoms with Crippen LogP contribution >= 0.6 is 0 Å². The van der Waals surface area contributed by atoms with Gasteiger partial charge in [0.2, 0.25) is 12.6 Å². The van der Waals surface area contributed by atoms with Crippen molar-refractivity contribution < 1.29 is 41.5 Å². The SMILES string of the molecule is CCCCCCCCCCOC(CC)OC(=O)CC(C(=O)OC(CC)OCCCCCCCCCC)S(=O)(=O)O. The van der Waals surface area contributed by atoms with Crippen LogP contribution in [0.4, 0.5) is 0 Å². The second-order valence-electron chi connectivity index (χ2n) is 10.5. The molecule has 0 saturated carbocycles. The van der Waals surface area contributed by atoms with E-state index in [0.717, 1.165) is 38.5 Å². The lowest BCUT2D eigenvalue weighted by Gasteiger charge is -2.21. The molecule has 0 radical (unpaired) electrons. The molecule has 3 unspecified atom stereocenters. The van der Waals surface area contributed by atoms with Gasteiger partial charge in [-0.3, -0.25) is 14.1 Å². The van der Waals surface area contributed by atoms with Crippen LogP contribution in [0, 0.1) is 0 Å². The van der Waals surface area contributed by atoms with Gasteiger partial charge < -0.3 is 18.9 Å². The number of carbonyl (C=O) groups excluding carboxylic acids is 2. The van der Waals surface area contributed by atoms with Crippen molar-refractivity contribution in [1.82, 2.24) is 0 Å². The molecule has 10 heteroatoms. The molecular weight excluding hydrogens is 536 g/mol. The van der Waals surface area contributed by atoms with Gasteiger partial charge in [0, 0.05) is 12.8 Å². The quantitative estimate of drug-likeness (QED) is 0.0424. The molecular formula is C30H58O9S. The minimum absolute atomic E-state index is 0.301. The maximum absolute atomic E-state index is 12.6. The summed E-state index contributed by atoms with van der Waals surface area (Å²) in [4.78, 5) is 25.0. The molecule has 0 heterocycles. The first kappa shape index (κ1) is 38.8. The zero-order valence-corrected chi connectivity index (χ0v) is 26.5. The van der Waals surface area contributed by atoms with Gasteiger partial charge in [-0.2, -0.15) is 8.42 Å². The Hall–Kier alpha value is -1.23. The number of hydrogen-bond donors (Lipinski definition) is 1. The van der Waals surface area contributed by atoms with E-state index in [4.69, 9.17) is 18.9 Å². The van der Waals surface area contributed by atoms with E-state index >= 15 is 0 Å². The third-order valence-corrected chi connectivity index (χ3v) is 7.83. The first-order valence-electron chi connectivity index (χ1n) is 15.8. The van der Waals surface area contributed by atoms with Gasteiger partial charge in [-0.15, -0.1) is 0 Å². The van der Waals surface area contributed by atoms with E-state index in [-0.39, 0.29) is 0 Å². The lowest BCUT2D eigenvalue weighted by Crippen LogP contribution is -2.38. The highest BCUT2D eigenvalue weighted by Gasteiger charge is 2.37. The van der Waals surface area contributed by atoms with Crippen LogP contribution < -0.4 is 0 Å². The average molecular weight is 595 g/mol. The van der Waals surface area contributed by atoms with E-state index in [9.17, 15) is 22.6 Å². The predicted molar refractivity (Wildman–Crippen MR) is 157 cm³/mol.